The van der Waals surface area contributed by atoms with Gasteiger partial charge in [0.25, 0.3) is 5.91 Å². The van der Waals surface area contributed by atoms with Crippen molar-refractivity contribution in [2.75, 3.05) is 20.3 Å². The summed E-state index contributed by atoms with van der Waals surface area (Å²) in [6.07, 6.45) is 7.09. The average molecular weight is 316 g/mol. The number of amides is 1. The molecule has 0 saturated carbocycles. The smallest absolute Gasteiger partial charge is 0.257 e. The van der Waals surface area contributed by atoms with Crippen LogP contribution in [0.3, 0.4) is 0 Å². The first kappa shape index (κ1) is 15.5. The highest BCUT2D eigenvalue weighted by atomic mass is 16.5. The maximum absolute atomic E-state index is 12.5. The molecule has 7 heteroatoms. The third kappa shape index (κ3) is 3.68. The summed E-state index contributed by atoms with van der Waals surface area (Å²) < 4.78 is 12.5. The summed E-state index contributed by atoms with van der Waals surface area (Å²) in [5.41, 5.74) is 0.444. The summed E-state index contributed by atoms with van der Waals surface area (Å²) in [6, 6.07) is 3.53. The minimum absolute atomic E-state index is 0.0798. The van der Waals surface area contributed by atoms with Crippen molar-refractivity contribution in [3.05, 3.63) is 42.1 Å². The molecule has 7 nitrogen and oxygen atoms in total. The molecule has 122 valence electrons. The fourth-order valence-corrected chi connectivity index (χ4v) is 2.65. The quantitative estimate of drug-likeness (QED) is 0.806. The Kier molecular flexibility index (Phi) is 4.87. The Bertz CT molecular complexity index is 671. The van der Waals surface area contributed by atoms with Gasteiger partial charge in [-0.2, -0.15) is 0 Å². The van der Waals surface area contributed by atoms with Crippen LogP contribution in [0, 0.1) is 0 Å². The molecular weight excluding hydrogens is 296 g/mol. The summed E-state index contributed by atoms with van der Waals surface area (Å²) in [5.74, 6) is 1.24. The molecule has 1 N–H and O–H groups in total. The highest BCUT2D eigenvalue weighted by molar-refractivity contribution is 5.96. The van der Waals surface area contributed by atoms with Crippen molar-refractivity contribution in [3.63, 3.8) is 0 Å². The number of methoxy groups -OCH3 is 1. The van der Waals surface area contributed by atoms with Crippen LogP contribution in [0.25, 0.3) is 0 Å². The molecule has 0 fully saturated rings. The maximum Gasteiger partial charge on any atom is 0.257 e. The summed E-state index contributed by atoms with van der Waals surface area (Å²) in [4.78, 5) is 21.0. The molecule has 1 unspecified atom stereocenters. The van der Waals surface area contributed by atoms with Crippen LogP contribution in [0.15, 0.2) is 30.7 Å². The van der Waals surface area contributed by atoms with Crippen molar-refractivity contribution < 1.29 is 14.3 Å². The van der Waals surface area contributed by atoms with E-state index in [0.29, 0.717) is 24.7 Å². The number of pyridine rings is 1. The van der Waals surface area contributed by atoms with Gasteiger partial charge in [0, 0.05) is 44.7 Å². The van der Waals surface area contributed by atoms with Crippen LogP contribution >= 0.6 is 0 Å². The van der Waals surface area contributed by atoms with Crippen molar-refractivity contribution in [2.45, 2.75) is 25.4 Å². The molecule has 0 aromatic carbocycles. The van der Waals surface area contributed by atoms with Gasteiger partial charge in [0.15, 0.2) is 0 Å². The number of hydrogen-bond donors (Lipinski definition) is 1. The van der Waals surface area contributed by atoms with E-state index in [9.17, 15) is 4.79 Å². The largest absolute Gasteiger partial charge is 0.475 e. The number of aryl methyl sites for hydroxylation is 1. The minimum atomic E-state index is -0.168. The Morgan fingerprint density at radius 1 is 1.39 bits per heavy atom. The topological polar surface area (TPSA) is 78.3 Å². The van der Waals surface area contributed by atoms with Crippen molar-refractivity contribution in [3.8, 4) is 5.88 Å². The number of fused-ring (bicyclic) bond motifs is 1. The summed E-state index contributed by atoms with van der Waals surface area (Å²) in [6.45, 7) is 1.54. The van der Waals surface area contributed by atoms with Crippen LogP contribution in [0.5, 0.6) is 5.88 Å². The number of nitrogens with zero attached hydrogens (tertiary/aromatic N) is 3. The molecule has 2 aromatic heterocycles. The van der Waals surface area contributed by atoms with E-state index in [1.165, 1.54) is 0 Å². The Morgan fingerprint density at radius 3 is 3.17 bits per heavy atom. The van der Waals surface area contributed by atoms with Crippen molar-refractivity contribution >= 4 is 5.91 Å². The van der Waals surface area contributed by atoms with Gasteiger partial charge in [-0.25, -0.2) is 9.97 Å². The number of hydrogen-bond acceptors (Lipinski definition) is 5. The average Bonchev–Trinajstić information content (AvgIpc) is 3.03. The molecule has 0 aliphatic carbocycles. The number of nitrogens with one attached hydrogen (secondary N) is 1. The summed E-state index contributed by atoms with van der Waals surface area (Å²) in [5, 5.41) is 3.06. The van der Waals surface area contributed by atoms with Crippen LogP contribution in [0.4, 0.5) is 0 Å². The molecule has 0 radical (unpaired) electrons. The van der Waals surface area contributed by atoms with Gasteiger partial charge in [-0.3, -0.25) is 4.79 Å². The second kappa shape index (κ2) is 7.23. The van der Waals surface area contributed by atoms with Crippen LogP contribution in [-0.4, -0.2) is 46.8 Å². The third-order valence-electron chi connectivity index (χ3n) is 3.81. The minimum Gasteiger partial charge on any atom is -0.475 e. The van der Waals surface area contributed by atoms with E-state index < -0.39 is 0 Å². The van der Waals surface area contributed by atoms with Crippen molar-refractivity contribution in [1.82, 2.24) is 19.9 Å². The lowest BCUT2D eigenvalue weighted by atomic mass is 10.1. The number of carbonyl (C=O) groups is 1. The summed E-state index contributed by atoms with van der Waals surface area (Å²) >= 11 is 0. The van der Waals surface area contributed by atoms with Gasteiger partial charge in [-0.05, 0) is 18.6 Å². The molecule has 1 atom stereocenters. The number of aromatic nitrogens is 3. The second-order valence-corrected chi connectivity index (χ2v) is 5.40. The number of carbonyl (C=O) groups excluding carboxylic acids is 1. The zero-order chi connectivity index (χ0) is 16.1. The second-order valence-electron chi connectivity index (χ2n) is 5.40. The van der Waals surface area contributed by atoms with E-state index in [2.05, 4.69) is 19.9 Å². The fraction of sp³-hybridized carbons (Fsp3) is 0.438. The standard InChI is InChI=1S/C16H20N4O3/c1-22-9-10-23-16-13(3-2-6-18-16)15(21)19-12-4-5-14-17-7-8-20(14)11-12/h2-3,6-8,12H,4-5,9-11H2,1H3,(H,19,21). The van der Waals surface area contributed by atoms with Gasteiger partial charge in [0.1, 0.15) is 18.0 Å². The SMILES string of the molecule is COCCOc1ncccc1C(=O)NC1CCc2nccn2C1. The first-order valence-corrected chi connectivity index (χ1v) is 7.65. The van der Waals surface area contributed by atoms with E-state index in [-0.39, 0.29) is 11.9 Å². The predicted molar refractivity (Wildman–Crippen MR) is 83.4 cm³/mol. The van der Waals surface area contributed by atoms with Gasteiger partial charge >= 0.3 is 0 Å². The lowest BCUT2D eigenvalue weighted by Gasteiger charge is -2.25. The molecule has 3 rings (SSSR count). The first-order valence-electron chi connectivity index (χ1n) is 7.65. The predicted octanol–water partition coefficient (Wildman–Crippen LogP) is 1.05. The number of imidazole rings is 1. The lowest BCUT2D eigenvalue weighted by molar-refractivity contribution is 0.0918. The highest BCUT2D eigenvalue weighted by Crippen LogP contribution is 2.17. The van der Waals surface area contributed by atoms with Crippen LogP contribution in [0.2, 0.25) is 0 Å². The van der Waals surface area contributed by atoms with E-state index in [4.69, 9.17) is 9.47 Å². The van der Waals surface area contributed by atoms with Crippen LogP contribution < -0.4 is 10.1 Å². The summed E-state index contributed by atoms with van der Waals surface area (Å²) in [7, 11) is 1.60. The van der Waals surface area contributed by atoms with E-state index in [0.717, 1.165) is 25.2 Å². The molecule has 23 heavy (non-hydrogen) atoms. The molecule has 0 saturated heterocycles. The van der Waals surface area contributed by atoms with Gasteiger partial charge in [0.05, 0.1) is 6.61 Å². The Hall–Kier alpha value is -2.41. The lowest BCUT2D eigenvalue weighted by Crippen LogP contribution is -2.41. The van der Waals surface area contributed by atoms with Gasteiger partial charge < -0.3 is 19.4 Å². The molecule has 2 aromatic rings. The molecule has 1 amide bonds. The highest BCUT2D eigenvalue weighted by Gasteiger charge is 2.22. The van der Waals surface area contributed by atoms with Gasteiger partial charge in [-0.15, -0.1) is 0 Å². The monoisotopic (exact) mass is 316 g/mol. The van der Waals surface area contributed by atoms with Crippen LogP contribution in [0.1, 0.15) is 22.6 Å². The van der Waals surface area contributed by atoms with E-state index >= 15 is 0 Å². The Balaban J connectivity index is 1.64. The molecule has 0 bridgehead atoms. The molecule has 0 spiro atoms. The van der Waals surface area contributed by atoms with E-state index in [1.807, 2.05) is 6.20 Å². The van der Waals surface area contributed by atoms with Crippen molar-refractivity contribution in [2.24, 2.45) is 0 Å². The normalized spacial score (nSPS) is 16.7. The van der Waals surface area contributed by atoms with E-state index in [1.54, 1.807) is 31.6 Å². The number of ether oxygens (including phenoxy) is 2. The zero-order valence-corrected chi connectivity index (χ0v) is 13.1. The van der Waals surface area contributed by atoms with Gasteiger partial charge in [-0.1, -0.05) is 0 Å². The van der Waals surface area contributed by atoms with Crippen molar-refractivity contribution in [1.29, 1.82) is 0 Å². The Labute approximate surface area is 134 Å². The fourth-order valence-electron chi connectivity index (χ4n) is 2.65. The maximum atomic E-state index is 12.5. The number of rotatable bonds is 6. The van der Waals surface area contributed by atoms with Crippen LogP contribution in [-0.2, 0) is 17.7 Å². The molecule has 1 aliphatic rings. The molecule has 1 aliphatic heterocycles. The Morgan fingerprint density at radius 2 is 2.30 bits per heavy atom. The molecule has 3 heterocycles. The first-order chi connectivity index (χ1) is 11.3. The molecular formula is C16H20N4O3. The zero-order valence-electron chi connectivity index (χ0n) is 13.1. The third-order valence-corrected chi connectivity index (χ3v) is 3.81. The van der Waals surface area contributed by atoms with Gasteiger partial charge in [0.2, 0.25) is 5.88 Å².